The van der Waals surface area contributed by atoms with Crippen LogP contribution in [-0.2, 0) is 14.3 Å². The van der Waals surface area contributed by atoms with E-state index in [4.69, 9.17) is 14.9 Å². The van der Waals surface area contributed by atoms with Crippen LogP contribution < -0.4 is 5.32 Å². The molecular weight excluding hydrogens is 424 g/mol. The number of carbonyl (C=O) groups excluding carboxylic acids is 2. The third-order valence-electron chi connectivity index (χ3n) is 5.73. The van der Waals surface area contributed by atoms with Gasteiger partial charge in [0.15, 0.2) is 0 Å². The van der Waals surface area contributed by atoms with E-state index in [1.807, 2.05) is 24.3 Å². The Morgan fingerprint density at radius 3 is 2.18 bits per heavy atom. The summed E-state index contributed by atoms with van der Waals surface area (Å²) in [6.45, 7) is 0.0132. The number of carbonyl (C=O) groups is 3. The van der Waals surface area contributed by atoms with Gasteiger partial charge in [-0.15, -0.1) is 0 Å². The molecule has 3 rings (SSSR count). The summed E-state index contributed by atoms with van der Waals surface area (Å²) in [5.41, 5.74) is 4.68. The van der Waals surface area contributed by atoms with Gasteiger partial charge in [0.05, 0.1) is 6.61 Å². The van der Waals surface area contributed by atoms with Crippen LogP contribution in [0.4, 0.5) is 4.79 Å². The maximum atomic E-state index is 12.2. The number of hydrogen-bond donors (Lipinski definition) is 3. The van der Waals surface area contributed by atoms with E-state index in [0.717, 1.165) is 16.0 Å². The van der Waals surface area contributed by atoms with Crippen LogP contribution in [0.3, 0.4) is 0 Å². The molecule has 0 saturated heterocycles. The fourth-order valence-corrected chi connectivity index (χ4v) is 4.15. The van der Waals surface area contributed by atoms with E-state index in [9.17, 15) is 14.4 Å². The molecule has 0 saturated carbocycles. The van der Waals surface area contributed by atoms with Crippen molar-refractivity contribution >= 4 is 18.0 Å². The van der Waals surface area contributed by atoms with Gasteiger partial charge in [0.25, 0.3) is 0 Å². The Labute approximate surface area is 193 Å². The zero-order valence-electron chi connectivity index (χ0n) is 18.5. The van der Waals surface area contributed by atoms with Gasteiger partial charge in [-0.2, -0.15) is 0 Å². The minimum absolute atomic E-state index is 0.00841. The lowest BCUT2D eigenvalue weighted by molar-refractivity contribution is -0.144. The summed E-state index contributed by atoms with van der Waals surface area (Å²) in [5, 5.41) is 20.5. The minimum Gasteiger partial charge on any atom is -0.480 e. The number of ether oxygens (including phenoxy) is 1. The maximum absolute atomic E-state index is 12.2. The summed E-state index contributed by atoms with van der Waals surface area (Å²) >= 11 is 0. The topological polar surface area (TPSA) is 116 Å². The van der Waals surface area contributed by atoms with Gasteiger partial charge in [0.2, 0.25) is 5.91 Å². The molecular formula is C25H30N2O6. The Kier molecular flexibility index (Phi) is 8.83. The van der Waals surface area contributed by atoms with Crippen molar-refractivity contribution in [1.82, 2.24) is 10.2 Å². The molecule has 33 heavy (non-hydrogen) atoms. The van der Waals surface area contributed by atoms with E-state index in [1.54, 1.807) is 0 Å². The van der Waals surface area contributed by atoms with Gasteiger partial charge in [0.1, 0.15) is 13.2 Å². The van der Waals surface area contributed by atoms with Crippen LogP contribution in [0.2, 0.25) is 0 Å². The minimum atomic E-state index is -1.11. The SMILES string of the molecule is O=C(O)CN(CCO)C(=O)CCCCCNC(=O)OCC1c2ccccc2-c2ccccc21. The number of alkyl carbamates (subject to hydrolysis) is 1. The zero-order chi connectivity index (χ0) is 23.6. The third-order valence-corrected chi connectivity index (χ3v) is 5.73. The highest BCUT2D eigenvalue weighted by Crippen LogP contribution is 2.44. The lowest BCUT2D eigenvalue weighted by Gasteiger charge is -2.19. The van der Waals surface area contributed by atoms with Crippen molar-refractivity contribution < 1.29 is 29.3 Å². The molecule has 2 aromatic rings. The molecule has 8 nitrogen and oxygen atoms in total. The van der Waals surface area contributed by atoms with Gasteiger partial charge in [-0.3, -0.25) is 9.59 Å². The molecule has 3 N–H and O–H groups in total. The molecule has 0 bridgehead atoms. The fraction of sp³-hybridized carbons (Fsp3) is 0.400. The van der Waals surface area contributed by atoms with Crippen LogP contribution in [-0.4, -0.2) is 65.9 Å². The van der Waals surface area contributed by atoms with Gasteiger partial charge in [-0.1, -0.05) is 55.0 Å². The number of unbranched alkanes of at least 4 members (excludes halogenated alkanes) is 2. The molecule has 0 radical (unpaired) electrons. The van der Waals surface area contributed by atoms with Crippen LogP contribution in [0.25, 0.3) is 11.1 Å². The van der Waals surface area contributed by atoms with E-state index in [-0.39, 0.29) is 38.0 Å². The maximum Gasteiger partial charge on any atom is 0.407 e. The number of carboxylic acids is 1. The second-order valence-electron chi connectivity index (χ2n) is 8.00. The van der Waals surface area contributed by atoms with Crippen LogP contribution in [0.5, 0.6) is 0 Å². The van der Waals surface area contributed by atoms with Crippen molar-refractivity contribution in [3.05, 3.63) is 59.7 Å². The van der Waals surface area contributed by atoms with E-state index >= 15 is 0 Å². The number of rotatable bonds is 12. The predicted octanol–water partition coefficient (Wildman–Crippen LogP) is 2.99. The van der Waals surface area contributed by atoms with Crippen molar-refractivity contribution in [3.8, 4) is 11.1 Å². The number of aliphatic hydroxyl groups is 1. The second-order valence-corrected chi connectivity index (χ2v) is 8.00. The number of nitrogens with one attached hydrogen (secondary N) is 1. The van der Waals surface area contributed by atoms with Gasteiger partial charge in [-0.25, -0.2) is 4.79 Å². The molecule has 0 aliphatic heterocycles. The average molecular weight is 455 g/mol. The molecule has 1 aliphatic rings. The number of amides is 2. The van der Waals surface area contributed by atoms with Crippen molar-refractivity contribution in [1.29, 1.82) is 0 Å². The van der Waals surface area contributed by atoms with E-state index in [1.165, 1.54) is 11.1 Å². The van der Waals surface area contributed by atoms with Gasteiger partial charge < -0.3 is 25.2 Å². The molecule has 2 aromatic carbocycles. The van der Waals surface area contributed by atoms with Crippen LogP contribution in [0.15, 0.2) is 48.5 Å². The highest BCUT2D eigenvalue weighted by Gasteiger charge is 2.28. The molecule has 176 valence electrons. The van der Waals surface area contributed by atoms with Crippen molar-refractivity contribution in [2.45, 2.75) is 31.6 Å². The van der Waals surface area contributed by atoms with E-state index in [0.29, 0.717) is 25.8 Å². The summed E-state index contributed by atoms with van der Waals surface area (Å²) in [6, 6.07) is 16.3. The number of benzene rings is 2. The number of fused-ring (bicyclic) bond motifs is 3. The molecule has 0 fully saturated rings. The summed E-state index contributed by atoms with van der Waals surface area (Å²) in [4.78, 5) is 36.1. The first kappa shape index (κ1) is 24.3. The Morgan fingerprint density at radius 2 is 1.58 bits per heavy atom. The smallest absolute Gasteiger partial charge is 0.407 e. The Morgan fingerprint density at radius 1 is 0.939 bits per heavy atom. The van der Waals surface area contributed by atoms with Crippen molar-refractivity contribution in [2.75, 3.05) is 32.8 Å². The fourth-order valence-electron chi connectivity index (χ4n) is 4.15. The molecule has 0 atom stereocenters. The molecule has 0 aromatic heterocycles. The summed E-state index contributed by atoms with van der Waals surface area (Å²) in [6.07, 6.45) is 1.69. The quantitative estimate of drug-likeness (QED) is 0.425. The predicted molar refractivity (Wildman–Crippen MR) is 123 cm³/mol. The third kappa shape index (κ3) is 6.55. The van der Waals surface area contributed by atoms with Crippen molar-refractivity contribution in [2.24, 2.45) is 0 Å². The summed E-state index contributed by atoms with van der Waals surface area (Å²) in [5.74, 6) is -1.39. The highest BCUT2D eigenvalue weighted by atomic mass is 16.5. The standard InChI is InChI=1S/C25H30N2O6/c28-15-14-27(16-24(30)31)23(29)12-2-1-7-13-26-25(32)33-17-22-20-10-5-3-8-18(20)19-9-4-6-11-21(19)22/h3-6,8-11,22,28H,1-2,7,12-17H2,(H,26,32)(H,30,31). The van der Waals surface area contributed by atoms with Crippen molar-refractivity contribution in [3.63, 3.8) is 0 Å². The molecule has 0 spiro atoms. The second kappa shape index (κ2) is 12.0. The highest BCUT2D eigenvalue weighted by molar-refractivity contribution is 5.81. The number of aliphatic carboxylic acids is 1. The Bertz CT molecular complexity index is 931. The largest absolute Gasteiger partial charge is 0.480 e. The summed E-state index contributed by atoms with van der Waals surface area (Å²) in [7, 11) is 0. The lowest BCUT2D eigenvalue weighted by Crippen LogP contribution is -2.37. The number of carboxylic acid groups (broad SMARTS) is 1. The first-order chi connectivity index (χ1) is 16.0. The lowest BCUT2D eigenvalue weighted by atomic mass is 9.98. The zero-order valence-corrected chi connectivity index (χ0v) is 18.5. The van der Waals surface area contributed by atoms with Gasteiger partial charge in [-0.05, 0) is 35.1 Å². The molecule has 1 aliphatic carbocycles. The van der Waals surface area contributed by atoms with Crippen LogP contribution >= 0.6 is 0 Å². The van der Waals surface area contributed by atoms with E-state index in [2.05, 4.69) is 29.6 Å². The number of aliphatic hydroxyl groups excluding tert-OH is 1. The van der Waals surface area contributed by atoms with Gasteiger partial charge in [0, 0.05) is 25.4 Å². The number of hydrogen-bond acceptors (Lipinski definition) is 5. The molecule has 0 heterocycles. The monoisotopic (exact) mass is 454 g/mol. The molecule has 2 amide bonds. The molecule has 8 heteroatoms. The van der Waals surface area contributed by atoms with Crippen LogP contribution in [0, 0.1) is 0 Å². The Hall–Kier alpha value is -3.39. The summed E-state index contributed by atoms with van der Waals surface area (Å²) < 4.78 is 5.49. The first-order valence-corrected chi connectivity index (χ1v) is 11.2. The Balaban J connectivity index is 1.36. The van der Waals surface area contributed by atoms with Crippen LogP contribution in [0.1, 0.15) is 42.7 Å². The first-order valence-electron chi connectivity index (χ1n) is 11.2. The molecule has 0 unspecified atom stereocenters. The number of nitrogens with zero attached hydrogens (tertiary/aromatic N) is 1. The van der Waals surface area contributed by atoms with Gasteiger partial charge >= 0.3 is 12.1 Å². The average Bonchev–Trinajstić information content (AvgIpc) is 3.13. The van der Waals surface area contributed by atoms with E-state index < -0.39 is 18.6 Å². The normalized spacial score (nSPS) is 12.0.